The molecule has 0 saturated carbocycles. The van der Waals surface area contributed by atoms with Crippen LogP contribution in [0, 0.1) is 0 Å². The topological polar surface area (TPSA) is 47.3 Å². The highest BCUT2D eigenvalue weighted by Gasteiger charge is 2.09. The molecule has 4 heteroatoms. The van der Waals surface area contributed by atoms with Crippen molar-refractivity contribution < 1.29 is 4.74 Å². The molecule has 0 aliphatic carbocycles. The Morgan fingerprint density at radius 2 is 1.80 bits per heavy atom. The number of ether oxygens (including phenoxy) is 1. The third-order valence-corrected chi connectivity index (χ3v) is 3.78. The first-order valence-electron chi connectivity index (χ1n) is 6.55. The summed E-state index contributed by atoms with van der Waals surface area (Å²) in [5, 5.41) is 0. The summed E-state index contributed by atoms with van der Waals surface area (Å²) in [6.45, 7) is 0. The van der Waals surface area contributed by atoms with Gasteiger partial charge < -0.3 is 4.74 Å². The fourth-order valence-electron chi connectivity index (χ4n) is 2.18. The van der Waals surface area contributed by atoms with Crippen molar-refractivity contribution in [1.82, 2.24) is 5.43 Å². The number of benzene rings is 2. The molecule has 106 valence electrons. The van der Waals surface area contributed by atoms with Gasteiger partial charge in [-0.3, -0.25) is 11.3 Å². The van der Waals surface area contributed by atoms with E-state index in [0.717, 1.165) is 23.1 Å². The lowest BCUT2D eigenvalue weighted by atomic mass is 9.99. The number of rotatable bonds is 6. The lowest BCUT2D eigenvalue weighted by molar-refractivity contribution is 0.413. The second-order valence-corrected chi connectivity index (χ2v) is 5.67. The van der Waals surface area contributed by atoms with Crippen LogP contribution in [0.15, 0.2) is 53.0 Å². The van der Waals surface area contributed by atoms with Gasteiger partial charge in [0, 0.05) is 10.5 Å². The average molecular weight is 335 g/mol. The minimum atomic E-state index is 0.197. The molecule has 0 aliphatic rings. The molecule has 1 atom stereocenters. The van der Waals surface area contributed by atoms with Gasteiger partial charge in [-0.15, -0.1) is 0 Å². The Kier molecular flexibility index (Phi) is 5.59. The molecule has 3 N–H and O–H groups in total. The van der Waals surface area contributed by atoms with E-state index in [1.54, 1.807) is 7.11 Å². The molecule has 0 amide bonds. The molecule has 0 spiro atoms. The number of hydrazine groups is 1. The van der Waals surface area contributed by atoms with E-state index < -0.39 is 0 Å². The second kappa shape index (κ2) is 7.43. The van der Waals surface area contributed by atoms with Gasteiger partial charge in [-0.25, -0.2) is 0 Å². The molecular formula is C16H19BrN2O. The van der Waals surface area contributed by atoms with Crippen molar-refractivity contribution in [2.75, 3.05) is 7.11 Å². The van der Waals surface area contributed by atoms with Crippen molar-refractivity contribution in [3.8, 4) is 5.75 Å². The zero-order chi connectivity index (χ0) is 14.4. The van der Waals surface area contributed by atoms with E-state index in [1.165, 1.54) is 11.1 Å². The molecule has 0 aliphatic heterocycles. The first kappa shape index (κ1) is 15.0. The highest BCUT2D eigenvalue weighted by molar-refractivity contribution is 9.10. The van der Waals surface area contributed by atoms with Gasteiger partial charge in [0.25, 0.3) is 0 Å². The van der Waals surface area contributed by atoms with Crippen molar-refractivity contribution in [1.29, 1.82) is 0 Å². The van der Waals surface area contributed by atoms with Crippen LogP contribution in [-0.2, 0) is 12.8 Å². The van der Waals surface area contributed by atoms with Crippen molar-refractivity contribution in [2.45, 2.75) is 18.9 Å². The van der Waals surface area contributed by atoms with Crippen LogP contribution in [-0.4, -0.2) is 13.2 Å². The Labute approximate surface area is 128 Å². The molecule has 0 fully saturated rings. The minimum absolute atomic E-state index is 0.197. The lowest BCUT2D eigenvalue weighted by Crippen LogP contribution is -2.38. The van der Waals surface area contributed by atoms with Crippen LogP contribution >= 0.6 is 15.9 Å². The van der Waals surface area contributed by atoms with Gasteiger partial charge in [0.05, 0.1) is 7.11 Å². The Balaban J connectivity index is 2.02. The average Bonchev–Trinajstić information content (AvgIpc) is 2.49. The number of nitrogens with one attached hydrogen (secondary N) is 1. The van der Waals surface area contributed by atoms with Gasteiger partial charge in [0.2, 0.25) is 0 Å². The Morgan fingerprint density at radius 3 is 2.45 bits per heavy atom. The number of methoxy groups -OCH3 is 1. The monoisotopic (exact) mass is 334 g/mol. The summed E-state index contributed by atoms with van der Waals surface area (Å²) in [4.78, 5) is 0. The van der Waals surface area contributed by atoms with Crippen LogP contribution in [0.2, 0.25) is 0 Å². The van der Waals surface area contributed by atoms with E-state index in [2.05, 4.69) is 51.7 Å². The molecule has 0 saturated heterocycles. The summed E-state index contributed by atoms with van der Waals surface area (Å²) < 4.78 is 6.33. The molecule has 2 aromatic rings. The van der Waals surface area contributed by atoms with E-state index in [0.29, 0.717) is 0 Å². The molecular weight excluding hydrogens is 316 g/mol. The minimum Gasteiger partial charge on any atom is -0.497 e. The first-order chi connectivity index (χ1) is 9.71. The summed E-state index contributed by atoms with van der Waals surface area (Å²) in [5.74, 6) is 6.56. The predicted octanol–water partition coefficient (Wildman–Crippen LogP) is 3.07. The van der Waals surface area contributed by atoms with E-state index >= 15 is 0 Å². The number of halogens is 1. The van der Waals surface area contributed by atoms with E-state index in [-0.39, 0.29) is 6.04 Å². The summed E-state index contributed by atoms with van der Waals surface area (Å²) in [6, 6.07) is 16.6. The molecule has 0 heterocycles. The highest BCUT2D eigenvalue weighted by atomic mass is 79.9. The smallest absolute Gasteiger partial charge is 0.119 e. The zero-order valence-corrected chi connectivity index (χ0v) is 13.1. The summed E-state index contributed by atoms with van der Waals surface area (Å²) in [6.07, 6.45) is 1.75. The van der Waals surface area contributed by atoms with Crippen molar-refractivity contribution in [2.24, 2.45) is 5.84 Å². The first-order valence-corrected chi connectivity index (χ1v) is 7.34. The molecule has 2 rings (SSSR count). The zero-order valence-electron chi connectivity index (χ0n) is 11.5. The van der Waals surface area contributed by atoms with Crippen LogP contribution in [0.4, 0.5) is 0 Å². The third kappa shape index (κ3) is 4.34. The van der Waals surface area contributed by atoms with Gasteiger partial charge in [0.1, 0.15) is 5.75 Å². The Bertz CT molecular complexity index is 542. The fraction of sp³-hybridized carbons (Fsp3) is 0.250. The molecule has 20 heavy (non-hydrogen) atoms. The van der Waals surface area contributed by atoms with Crippen LogP contribution in [0.1, 0.15) is 11.1 Å². The molecule has 1 unspecified atom stereocenters. The number of nitrogens with two attached hydrogens (primary N) is 1. The Hall–Kier alpha value is -1.36. The summed E-state index contributed by atoms with van der Waals surface area (Å²) >= 11 is 3.44. The Morgan fingerprint density at radius 1 is 1.10 bits per heavy atom. The number of hydrogen-bond donors (Lipinski definition) is 2. The lowest BCUT2D eigenvalue weighted by Gasteiger charge is -2.16. The number of hydrogen-bond acceptors (Lipinski definition) is 3. The quantitative estimate of drug-likeness (QED) is 0.630. The van der Waals surface area contributed by atoms with Gasteiger partial charge in [-0.1, -0.05) is 40.2 Å². The highest BCUT2D eigenvalue weighted by Crippen LogP contribution is 2.16. The third-order valence-electron chi connectivity index (χ3n) is 3.25. The maximum Gasteiger partial charge on any atom is 0.119 e. The maximum atomic E-state index is 5.68. The molecule has 0 aromatic heterocycles. The summed E-state index contributed by atoms with van der Waals surface area (Å²) in [7, 11) is 1.68. The second-order valence-electron chi connectivity index (χ2n) is 4.75. The fourth-order valence-corrected chi connectivity index (χ4v) is 2.44. The van der Waals surface area contributed by atoms with Crippen LogP contribution in [0.3, 0.4) is 0 Å². The van der Waals surface area contributed by atoms with Crippen LogP contribution < -0.4 is 16.0 Å². The SMILES string of the molecule is COc1cccc(CC(Cc2ccc(Br)cc2)NN)c1. The maximum absolute atomic E-state index is 5.68. The van der Waals surface area contributed by atoms with E-state index in [9.17, 15) is 0 Å². The van der Waals surface area contributed by atoms with Crippen LogP contribution in [0.5, 0.6) is 5.75 Å². The van der Waals surface area contributed by atoms with Gasteiger partial charge in [-0.05, 0) is 48.2 Å². The largest absolute Gasteiger partial charge is 0.497 e. The normalized spacial score (nSPS) is 12.2. The van der Waals surface area contributed by atoms with E-state index in [4.69, 9.17) is 10.6 Å². The van der Waals surface area contributed by atoms with Crippen molar-refractivity contribution in [3.63, 3.8) is 0 Å². The molecule has 0 bridgehead atoms. The van der Waals surface area contributed by atoms with Gasteiger partial charge in [0.15, 0.2) is 0 Å². The molecule has 0 radical (unpaired) electrons. The molecule has 3 nitrogen and oxygen atoms in total. The van der Waals surface area contributed by atoms with Gasteiger partial charge in [-0.2, -0.15) is 0 Å². The van der Waals surface area contributed by atoms with Crippen molar-refractivity contribution in [3.05, 3.63) is 64.1 Å². The van der Waals surface area contributed by atoms with E-state index in [1.807, 2.05) is 18.2 Å². The summed E-state index contributed by atoms with van der Waals surface area (Å²) in [5.41, 5.74) is 5.37. The predicted molar refractivity (Wildman–Crippen MR) is 85.7 cm³/mol. The van der Waals surface area contributed by atoms with Crippen molar-refractivity contribution >= 4 is 15.9 Å². The molecule has 2 aromatic carbocycles. The van der Waals surface area contributed by atoms with Gasteiger partial charge >= 0.3 is 0 Å². The standard InChI is InChI=1S/C16H19BrN2O/c1-20-16-4-2-3-13(11-16)10-15(19-18)9-12-5-7-14(17)8-6-12/h2-8,11,15,19H,9-10,18H2,1H3. The van der Waals surface area contributed by atoms with Crippen LogP contribution in [0.25, 0.3) is 0 Å².